The lowest BCUT2D eigenvalue weighted by Gasteiger charge is -2.26. The summed E-state index contributed by atoms with van der Waals surface area (Å²) in [5, 5.41) is 2.81. The Kier molecular flexibility index (Phi) is 7.18. The van der Waals surface area contributed by atoms with Crippen molar-refractivity contribution in [2.24, 2.45) is 0 Å². The number of nitrogens with one attached hydrogen (secondary N) is 1. The van der Waals surface area contributed by atoms with Crippen molar-refractivity contribution in [2.45, 2.75) is 38.7 Å². The van der Waals surface area contributed by atoms with Crippen LogP contribution in [0.1, 0.15) is 47.7 Å². The maximum Gasteiger partial charge on any atom is 0.326 e. The Balaban J connectivity index is 1.52. The molecule has 1 heterocycles. The lowest BCUT2D eigenvalue weighted by Crippen LogP contribution is -2.46. The maximum atomic E-state index is 12.5. The van der Waals surface area contributed by atoms with Crippen molar-refractivity contribution in [3.8, 4) is 0 Å². The van der Waals surface area contributed by atoms with Crippen molar-refractivity contribution in [2.75, 3.05) is 13.1 Å². The molecule has 2 atom stereocenters. The van der Waals surface area contributed by atoms with Crippen LogP contribution in [-0.2, 0) is 25.5 Å². The van der Waals surface area contributed by atoms with Gasteiger partial charge in [-0.25, -0.2) is 0 Å². The molecule has 1 aliphatic heterocycles. The molecule has 0 bridgehead atoms. The summed E-state index contributed by atoms with van der Waals surface area (Å²) in [5.74, 6) is -2.08. The van der Waals surface area contributed by atoms with Gasteiger partial charge in [-0.3, -0.25) is 24.1 Å². The van der Waals surface area contributed by atoms with E-state index in [-0.39, 0.29) is 12.3 Å². The number of esters is 1. The fourth-order valence-electron chi connectivity index (χ4n) is 3.57. The fourth-order valence-corrected chi connectivity index (χ4v) is 3.57. The third kappa shape index (κ3) is 5.36. The molecule has 0 aliphatic carbocycles. The van der Waals surface area contributed by atoms with Gasteiger partial charge in [-0.1, -0.05) is 55.5 Å². The largest absolute Gasteiger partial charge is 0.451 e. The van der Waals surface area contributed by atoms with Gasteiger partial charge in [0.2, 0.25) is 5.91 Å². The van der Waals surface area contributed by atoms with Gasteiger partial charge >= 0.3 is 5.97 Å². The van der Waals surface area contributed by atoms with Crippen LogP contribution in [0.2, 0.25) is 0 Å². The number of imide groups is 1. The predicted octanol–water partition coefficient (Wildman–Crippen LogP) is 2.45. The highest BCUT2D eigenvalue weighted by atomic mass is 16.5. The van der Waals surface area contributed by atoms with Crippen molar-refractivity contribution in [1.29, 1.82) is 0 Å². The maximum absolute atomic E-state index is 12.5. The summed E-state index contributed by atoms with van der Waals surface area (Å²) in [6, 6.07) is 16.6. The van der Waals surface area contributed by atoms with Crippen molar-refractivity contribution < 1.29 is 23.9 Å². The fraction of sp³-hybridized carbons (Fsp3) is 0.333. The molecule has 2 aromatic rings. The summed E-state index contributed by atoms with van der Waals surface area (Å²) in [6.07, 6.45) is -0.148. The average molecular weight is 422 g/mol. The number of carbonyl (C=O) groups excluding carboxylic acids is 4. The van der Waals surface area contributed by atoms with E-state index >= 15 is 0 Å². The number of rotatable bonds is 8. The minimum atomic E-state index is -1.04. The standard InChI is InChI=1S/C24H26N2O5/c1-3-17(18-9-5-4-6-10-18)14-25-23(29)16(2)31-22(28)15-26-21(27)13-19-11-7-8-12-20(19)24(26)30/h4-12,16-17H,3,13-15H2,1-2H3,(H,25,29)/t16-,17-/m0/s1. The van der Waals surface area contributed by atoms with E-state index in [1.165, 1.54) is 6.92 Å². The zero-order chi connectivity index (χ0) is 22.4. The Morgan fingerprint density at radius 2 is 1.74 bits per heavy atom. The van der Waals surface area contributed by atoms with Gasteiger partial charge in [0.25, 0.3) is 11.8 Å². The molecule has 7 heteroatoms. The molecule has 3 rings (SSSR count). The Labute approximate surface area is 181 Å². The molecule has 0 fully saturated rings. The molecule has 0 unspecified atom stereocenters. The molecule has 1 N–H and O–H groups in total. The number of benzene rings is 2. The van der Waals surface area contributed by atoms with Crippen LogP contribution >= 0.6 is 0 Å². The lowest BCUT2D eigenvalue weighted by atomic mass is 9.96. The molecule has 7 nitrogen and oxygen atoms in total. The zero-order valence-corrected chi connectivity index (χ0v) is 17.7. The summed E-state index contributed by atoms with van der Waals surface area (Å²) < 4.78 is 5.17. The molecule has 162 valence electrons. The third-order valence-corrected chi connectivity index (χ3v) is 5.39. The zero-order valence-electron chi connectivity index (χ0n) is 17.7. The number of amides is 3. The minimum Gasteiger partial charge on any atom is -0.451 e. The van der Waals surface area contributed by atoms with Crippen molar-refractivity contribution in [3.63, 3.8) is 0 Å². The molecule has 0 aromatic heterocycles. The Morgan fingerprint density at radius 1 is 1.06 bits per heavy atom. The molecule has 3 amide bonds. The van der Waals surface area contributed by atoms with Crippen LogP contribution in [0.15, 0.2) is 54.6 Å². The number of hydrogen-bond acceptors (Lipinski definition) is 5. The smallest absolute Gasteiger partial charge is 0.326 e. The van der Waals surface area contributed by atoms with E-state index in [0.717, 1.165) is 16.9 Å². The van der Waals surface area contributed by atoms with Crippen molar-refractivity contribution >= 4 is 23.7 Å². The quantitative estimate of drug-likeness (QED) is 0.521. The number of carbonyl (C=O) groups is 4. The number of ether oxygens (including phenoxy) is 1. The normalized spacial score (nSPS) is 15.1. The van der Waals surface area contributed by atoms with Crippen LogP contribution in [0.25, 0.3) is 0 Å². The van der Waals surface area contributed by atoms with Crippen LogP contribution in [0, 0.1) is 0 Å². The van der Waals surface area contributed by atoms with Crippen LogP contribution < -0.4 is 5.32 Å². The third-order valence-electron chi connectivity index (χ3n) is 5.39. The highest BCUT2D eigenvalue weighted by Gasteiger charge is 2.33. The summed E-state index contributed by atoms with van der Waals surface area (Å²) >= 11 is 0. The second-order valence-electron chi connectivity index (χ2n) is 7.51. The van der Waals surface area contributed by atoms with Crippen molar-refractivity contribution in [3.05, 3.63) is 71.3 Å². The monoisotopic (exact) mass is 422 g/mol. The Bertz CT molecular complexity index is 973. The van der Waals surface area contributed by atoms with Gasteiger partial charge in [-0.05, 0) is 30.5 Å². The van der Waals surface area contributed by atoms with Gasteiger partial charge in [-0.2, -0.15) is 0 Å². The van der Waals surface area contributed by atoms with E-state index in [9.17, 15) is 19.2 Å². The van der Waals surface area contributed by atoms with E-state index in [2.05, 4.69) is 5.32 Å². The molecule has 0 saturated carbocycles. The lowest BCUT2D eigenvalue weighted by molar-refractivity contribution is -0.156. The van der Waals surface area contributed by atoms with Gasteiger partial charge in [0.05, 0.1) is 6.42 Å². The first-order valence-corrected chi connectivity index (χ1v) is 10.4. The van der Waals surface area contributed by atoms with Crippen LogP contribution in [0.5, 0.6) is 0 Å². The topological polar surface area (TPSA) is 92.8 Å². The van der Waals surface area contributed by atoms with Gasteiger partial charge < -0.3 is 10.1 Å². The summed E-state index contributed by atoms with van der Waals surface area (Å²) in [6.45, 7) is 3.40. The number of fused-ring (bicyclic) bond motifs is 1. The molecule has 1 aliphatic rings. The SMILES string of the molecule is CC[C@@H](CNC(=O)[C@H](C)OC(=O)CN1C(=O)Cc2ccccc2C1=O)c1ccccc1. The Hall–Kier alpha value is -3.48. The summed E-state index contributed by atoms with van der Waals surface area (Å²) in [5.41, 5.74) is 2.16. The number of nitrogens with zero attached hydrogens (tertiary/aromatic N) is 1. The minimum absolute atomic E-state index is 0.0448. The highest BCUT2D eigenvalue weighted by Crippen LogP contribution is 2.20. The first-order chi connectivity index (χ1) is 14.9. The Morgan fingerprint density at radius 3 is 2.45 bits per heavy atom. The summed E-state index contributed by atoms with van der Waals surface area (Å²) in [7, 11) is 0. The average Bonchev–Trinajstić information content (AvgIpc) is 2.77. The van der Waals surface area contributed by atoms with E-state index in [4.69, 9.17) is 4.74 Å². The molecule has 0 spiro atoms. The van der Waals surface area contributed by atoms with E-state index in [1.54, 1.807) is 24.3 Å². The van der Waals surface area contributed by atoms with Gasteiger partial charge in [0.15, 0.2) is 6.10 Å². The second kappa shape index (κ2) is 10.0. The van der Waals surface area contributed by atoms with Gasteiger partial charge in [0, 0.05) is 18.0 Å². The van der Waals surface area contributed by atoms with E-state index in [0.29, 0.717) is 17.7 Å². The first kappa shape index (κ1) is 22.2. The molecular weight excluding hydrogens is 396 g/mol. The van der Waals surface area contributed by atoms with Crippen LogP contribution in [-0.4, -0.2) is 47.8 Å². The van der Waals surface area contributed by atoms with Gasteiger partial charge in [-0.15, -0.1) is 0 Å². The van der Waals surface area contributed by atoms with Crippen LogP contribution in [0.3, 0.4) is 0 Å². The molecule has 2 aromatic carbocycles. The number of hydrogen-bond donors (Lipinski definition) is 1. The van der Waals surface area contributed by atoms with E-state index < -0.39 is 36.3 Å². The molecule has 0 saturated heterocycles. The molecular formula is C24H26N2O5. The predicted molar refractivity (Wildman–Crippen MR) is 114 cm³/mol. The molecule has 0 radical (unpaired) electrons. The van der Waals surface area contributed by atoms with Crippen molar-refractivity contribution in [1.82, 2.24) is 10.2 Å². The van der Waals surface area contributed by atoms with Gasteiger partial charge in [0.1, 0.15) is 6.54 Å². The highest BCUT2D eigenvalue weighted by molar-refractivity contribution is 6.11. The molecule has 31 heavy (non-hydrogen) atoms. The van der Waals surface area contributed by atoms with E-state index in [1.807, 2.05) is 37.3 Å². The first-order valence-electron chi connectivity index (χ1n) is 10.4. The summed E-state index contributed by atoms with van der Waals surface area (Å²) in [4.78, 5) is 50.4. The second-order valence-corrected chi connectivity index (χ2v) is 7.51. The van der Waals surface area contributed by atoms with Crippen LogP contribution in [0.4, 0.5) is 0 Å².